The number of phenols is 1. The quantitative estimate of drug-likeness (QED) is 0.196. The number of ether oxygens (including phenoxy) is 1. The molecule has 0 unspecified atom stereocenters. The van der Waals surface area contributed by atoms with Gasteiger partial charge in [0.15, 0.2) is 0 Å². The van der Waals surface area contributed by atoms with Gasteiger partial charge in [0.25, 0.3) is 6.47 Å². The summed E-state index contributed by atoms with van der Waals surface area (Å²) < 4.78 is 7.57. The summed E-state index contributed by atoms with van der Waals surface area (Å²) in [7, 11) is 8.07. The van der Waals surface area contributed by atoms with Crippen molar-refractivity contribution < 1.29 is 93.7 Å². The first-order valence-corrected chi connectivity index (χ1v) is 11.2. The van der Waals surface area contributed by atoms with Crippen LogP contribution in [0.2, 0.25) is 0 Å². The van der Waals surface area contributed by atoms with E-state index in [1.54, 1.807) is 24.3 Å². The smallest absolute Gasteiger partial charge is 0.662 e. The predicted molar refractivity (Wildman–Crippen MR) is 130 cm³/mol. The molecule has 0 bridgehead atoms. The van der Waals surface area contributed by atoms with Crippen LogP contribution in [0, 0.1) is 0 Å². The molecule has 0 aromatic heterocycles. The van der Waals surface area contributed by atoms with Gasteiger partial charge in [-0.15, -0.1) is 11.6 Å². The van der Waals surface area contributed by atoms with Crippen molar-refractivity contribution in [2.45, 2.75) is 0 Å². The van der Waals surface area contributed by atoms with Crippen molar-refractivity contribution in [2.24, 2.45) is 0 Å². The monoisotopic (exact) mass is 716 g/mol. The van der Waals surface area contributed by atoms with Gasteiger partial charge in [-0.2, -0.15) is 0 Å². The molecule has 0 amide bonds. The molecule has 0 fully saturated rings. The van der Waals surface area contributed by atoms with E-state index < -0.39 is 0 Å². The van der Waals surface area contributed by atoms with Crippen LogP contribution in [0.15, 0.2) is 57.5 Å². The van der Waals surface area contributed by atoms with E-state index in [9.17, 15) is 0 Å². The fraction of sp³-hybridized carbons (Fsp3) is 0.381. The molecule has 0 spiro atoms. The van der Waals surface area contributed by atoms with Gasteiger partial charge in [0.1, 0.15) is 18.1 Å². The minimum atomic E-state index is -0.181. The molecule has 0 saturated carbocycles. The summed E-state index contributed by atoms with van der Waals surface area (Å²) >= 11 is 12.0. The molecule has 0 atom stereocenters. The molecule has 0 radical (unpaired) electrons. The number of halogens is 3. The van der Waals surface area contributed by atoms with E-state index >= 15 is 0 Å². The number of phenolic OH excluding ortho intramolecular Hbond substituents is 1. The fourth-order valence-electron chi connectivity index (χ4n) is 1.49. The number of hydrogen-bond donors (Lipinski definition) is 1. The van der Waals surface area contributed by atoms with Gasteiger partial charge in [0, 0.05) is 27.9 Å². The molecule has 2 rings (SSSR count). The summed E-state index contributed by atoms with van der Waals surface area (Å²) in [4.78, 5) is 15.4. The van der Waals surface area contributed by atoms with Gasteiger partial charge in [0.05, 0.1) is 0 Å². The molecule has 11 heteroatoms. The van der Waals surface area contributed by atoms with Crippen molar-refractivity contribution in [1.82, 2.24) is 9.80 Å². The van der Waals surface area contributed by atoms with Gasteiger partial charge in [-0.05, 0) is 76.7 Å². The third-order valence-corrected chi connectivity index (χ3v) is 4.24. The van der Waals surface area contributed by atoms with Gasteiger partial charge in [-0.25, -0.2) is 0 Å². The number of nitrogens with zero attached hydrogens (tertiary/aromatic N) is 2. The van der Waals surface area contributed by atoms with Crippen molar-refractivity contribution in [3.8, 4) is 11.5 Å². The zero-order chi connectivity index (χ0) is 24.1. The average molecular weight is 719 g/mol. The van der Waals surface area contributed by atoms with Crippen LogP contribution in [0.3, 0.4) is 0 Å². The van der Waals surface area contributed by atoms with Crippen LogP contribution in [0.25, 0.3) is 0 Å². The van der Waals surface area contributed by atoms with E-state index in [-0.39, 0.29) is 75.4 Å². The molecule has 7 nitrogen and oxygen atoms in total. The van der Waals surface area contributed by atoms with Gasteiger partial charge < -0.3 is 29.8 Å². The van der Waals surface area contributed by atoms with E-state index in [4.69, 9.17) is 31.5 Å². The van der Waals surface area contributed by atoms with Crippen molar-refractivity contribution >= 4 is 49.9 Å². The number of benzene rings is 2. The zero-order valence-electron chi connectivity index (χ0n) is 19.1. The second-order valence-electron chi connectivity index (χ2n) is 6.27. The van der Waals surface area contributed by atoms with Crippen molar-refractivity contribution in [2.75, 3.05) is 53.8 Å². The molecule has 0 aliphatic heterocycles. The SMILES string of the molecule is CN(C)CCCl.CN(C)CCOc1ccc(Br)cc1.O=CO[O-].Oc1ccc(Br)cc1.[Cs+]. The van der Waals surface area contributed by atoms with E-state index in [0.29, 0.717) is 5.75 Å². The van der Waals surface area contributed by atoms with Crippen LogP contribution in [0.4, 0.5) is 0 Å². The van der Waals surface area contributed by atoms with Crippen molar-refractivity contribution in [3.63, 3.8) is 0 Å². The van der Waals surface area contributed by atoms with Crippen LogP contribution < -0.4 is 78.9 Å². The molecular formula is C21H30Br2ClCsN2O5. The number of hydrogen-bond acceptors (Lipinski definition) is 7. The molecule has 2 aromatic carbocycles. The van der Waals surface area contributed by atoms with E-state index in [0.717, 1.165) is 40.3 Å². The van der Waals surface area contributed by atoms with Crippen LogP contribution in [0.1, 0.15) is 0 Å². The topological polar surface area (TPSA) is 85.3 Å². The standard InChI is InChI=1S/C10H14BrNO.C6H5BrO.C4H10ClN.CH2O3.Cs/c1-12(2)7-8-13-10-5-3-9(11)4-6-10;7-5-1-3-6(8)4-2-5;1-6(2)4-3-5;2-1-4-3;/h3-6H,7-8H2,1-2H3;1-4,8H;3-4H2,1-2H3;1,3H;/q;;;;+1/p-1. The van der Waals surface area contributed by atoms with Crippen molar-refractivity contribution in [1.29, 1.82) is 0 Å². The Hall–Kier alpha value is 0.692. The first kappa shape index (κ1) is 37.2. The Labute approximate surface area is 272 Å². The maximum Gasteiger partial charge on any atom is 1.00 e. The summed E-state index contributed by atoms with van der Waals surface area (Å²) in [6.07, 6.45) is 0. The number of rotatable bonds is 7. The van der Waals surface area contributed by atoms with Crippen molar-refractivity contribution in [3.05, 3.63) is 57.5 Å². The molecule has 176 valence electrons. The predicted octanol–water partition coefficient (Wildman–Crippen LogP) is 0.770. The van der Waals surface area contributed by atoms with Crippen LogP contribution in [-0.2, 0) is 9.68 Å². The third-order valence-electron chi connectivity index (χ3n) is 3.02. The second kappa shape index (κ2) is 26.3. The molecule has 0 aliphatic carbocycles. The van der Waals surface area contributed by atoms with Gasteiger partial charge >= 0.3 is 68.9 Å². The molecule has 0 aliphatic rings. The Kier molecular flexibility index (Phi) is 30.6. The Morgan fingerprint density at radius 2 is 1.34 bits per heavy atom. The molecule has 0 heterocycles. The van der Waals surface area contributed by atoms with Gasteiger partial charge in [0.2, 0.25) is 0 Å². The van der Waals surface area contributed by atoms with E-state index in [1.807, 2.05) is 57.4 Å². The van der Waals surface area contributed by atoms with E-state index in [2.05, 4.69) is 41.6 Å². The summed E-state index contributed by atoms with van der Waals surface area (Å²) in [6.45, 7) is 2.46. The molecule has 2 aromatic rings. The first-order valence-electron chi connectivity index (χ1n) is 9.06. The normalized spacial score (nSPS) is 9.06. The average Bonchev–Trinajstić information content (AvgIpc) is 2.72. The number of alkyl halides is 1. The van der Waals surface area contributed by atoms with E-state index in [1.165, 1.54) is 0 Å². The maximum absolute atomic E-state index is 8.74. The van der Waals surface area contributed by atoms with Gasteiger partial charge in [-0.1, -0.05) is 31.9 Å². The second-order valence-corrected chi connectivity index (χ2v) is 8.48. The summed E-state index contributed by atoms with van der Waals surface area (Å²) in [5.74, 6) is 1.95. The number of likely N-dealkylation sites (N-methyl/N-ethyl adjacent to an activating group) is 1. The maximum atomic E-state index is 8.74. The molecule has 32 heavy (non-hydrogen) atoms. The Balaban J connectivity index is -0.000000382. The van der Waals surface area contributed by atoms with Gasteiger partial charge in [-0.3, -0.25) is 4.79 Å². The molecule has 1 N–H and O–H groups in total. The fourth-order valence-corrected chi connectivity index (χ4v) is 2.35. The Bertz CT molecular complexity index is 645. The summed E-state index contributed by atoms with van der Waals surface area (Å²) in [5.41, 5.74) is 0. The summed E-state index contributed by atoms with van der Waals surface area (Å²) in [5, 5.41) is 17.2. The molecule has 0 saturated heterocycles. The first-order chi connectivity index (χ1) is 14.7. The van der Waals surface area contributed by atoms with Crippen LogP contribution in [-0.4, -0.2) is 75.1 Å². The third kappa shape index (κ3) is 28.7. The Morgan fingerprint density at radius 1 is 0.938 bits per heavy atom. The van der Waals surface area contributed by atoms with Crippen LogP contribution in [0.5, 0.6) is 11.5 Å². The summed E-state index contributed by atoms with van der Waals surface area (Å²) in [6, 6.07) is 14.7. The van der Waals surface area contributed by atoms with Crippen LogP contribution >= 0.6 is 43.5 Å². The minimum Gasteiger partial charge on any atom is -0.662 e. The Morgan fingerprint density at radius 3 is 1.62 bits per heavy atom. The number of carbonyl (C=O) groups excluding carboxylic acids is 1. The zero-order valence-corrected chi connectivity index (χ0v) is 29.3. The number of aromatic hydroxyl groups is 1. The largest absolute Gasteiger partial charge is 1.00 e. The minimum absolute atomic E-state index is 0. The number of carbonyl (C=O) groups is 1. The molecular weight excluding hydrogens is 688 g/mol.